The van der Waals surface area contributed by atoms with Crippen LogP contribution < -0.4 is 10.3 Å². The summed E-state index contributed by atoms with van der Waals surface area (Å²) in [5, 5.41) is 0.786. The third-order valence-electron chi connectivity index (χ3n) is 5.12. The lowest BCUT2D eigenvalue weighted by atomic mass is 9.89. The van der Waals surface area contributed by atoms with Gasteiger partial charge in [-0.2, -0.15) is 0 Å². The molecule has 0 aliphatic heterocycles. The average Bonchev–Trinajstić information content (AvgIpc) is 3.00. The van der Waals surface area contributed by atoms with Crippen LogP contribution in [0.5, 0.6) is 5.75 Å². The molecule has 1 aliphatic rings. The van der Waals surface area contributed by atoms with Gasteiger partial charge in [-0.05, 0) is 55.4 Å². The molecule has 3 aromatic rings. The minimum Gasteiger partial charge on any atom is -0.493 e. The van der Waals surface area contributed by atoms with Gasteiger partial charge in [0.2, 0.25) is 0 Å². The number of aryl methyl sites for hydroxylation is 1. The van der Waals surface area contributed by atoms with Crippen LogP contribution in [0.3, 0.4) is 0 Å². The fourth-order valence-corrected chi connectivity index (χ4v) is 5.36. The van der Waals surface area contributed by atoms with Gasteiger partial charge in [-0.25, -0.2) is 4.98 Å². The number of H-pyrrole nitrogens is 1. The number of fused-ring (bicyclic) bond motifs is 3. The average molecular weight is 447 g/mol. The molecule has 4 rings (SSSR count). The van der Waals surface area contributed by atoms with Gasteiger partial charge in [0.25, 0.3) is 5.56 Å². The first-order chi connectivity index (χ1) is 13.1. The molecule has 6 heteroatoms. The number of hydrogen-bond donors (Lipinski definition) is 1. The van der Waals surface area contributed by atoms with Gasteiger partial charge in [-0.15, -0.1) is 11.3 Å². The minimum atomic E-state index is -0.0402. The molecule has 0 fully saturated rings. The van der Waals surface area contributed by atoms with Crippen molar-refractivity contribution in [2.24, 2.45) is 5.92 Å². The van der Waals surface area contributed by atoms with Crippen molar-refractivity contribution in [3.05, 3.63) is 43.5 Å². The van der Waals surface area contributed by atoms with Crippen LogP contribution >= 0.6 is 27.3 Å². The number of unbranched alkanes of at least 4 members (excludes halogenated alkanes) is 1. The smallest absolute Gasteiger partial charge is 0.260 e. The van der Waals surface area contributed by atoms with Crippen molar-refractivity contribution in [3.8, 4) is 17.1 Å². The van der Waals surface area contributed by atoms with Gasteiger partial charge < -0.3 is 9.72 Å². The lowest BCUT2D eigenvalue weighted by Crippen LogP contribution is -2.13. The topological polar surface area (TPSA) is 55.0 Å². The summed E-state index contributed by atoms with van der Waals surface area (Å²) in [5.41, 5.74) is 1.99. The molecule has 1 aliphatic carbocycles. The second-order valence-electron chi connectivity index (χ2n) is 7.29. The zero-order chi connectivity index (χ0) is 19.0. The number of halogens is 1. The third-order valence-corrected chi connectivity index (χ3v) is 6.76. The van der Waals surface area contributed by atoms with Gasteiger partial charge in [0.05, 0.1) is 17.6 Å². The Labute approximate surface area is 171 Å². The summed E-state index contributed by atoms with van der Waals surface area (Å²) in [6.45, 7) is 5.07. The molecule has 0 bridgehead atoms. The number of ether oxygens (including phenoxy) is 1. The van der Waals surface area contributed by atoms with Gasteiger partial charge in [0.1, 0.15) is 16.4 Å². The van der Waals surface area contributed by atoms with Crippen LogP contribution in [0.25, 0.3) is 21.6 Å². The largest absolute Gasteiger partial charge is 0.493 e. The predicted octanol–water partition coefficient (Wildman–Crippen LogP) is 5.72. The first kappa shape index (κ1) is 18.7. The fourth-order valence-electron chi connectivity index (χ4n) is 3.62. The highest BCUT2D eigenvalue weighted by Crippen LogP contribution is 2.37. The normalized spacial score (nSPS) is 16.5. The molecule has 27 heavy (non-hydrogen) atoms. The number of benzene rings is 1. The molecular formula is C21H23BrN2O2S. The number of aromatic nitrogens is 2. The molecule has 2 aromatic heterocycles. The monoisotopic (exact) mass is 446 g/mol. The quantitative estimate of drug-likeness (QED) is 0.509. The highest BCUT2D eigenvalue weighted by Gasteiger charge is 2.23. The fraction of sp³-hybridized carbons (Fsp3) is 0.429. The number of nitrogens with zero attached hydrogens (tertiary/aromatic N) is 1. The van der Waals surface area contributed by atoms with E-state index in [1.165, 1.54) is 10.4 Å². The Morgan fingerprint density at radius 3 is 3.07 bits per heavy atom. The van der Waals surface area contributed by atoms with E-state index in [0.717, 1.165) is 58.1 Å². The van der Waals surface area contributed by atoms with Crippen LogP contribution in [0.1, 0.15) is 43.6 Å². The SMILES string of the molecule is CCCCOc1ccc(Br)cc1-c1nc2sc3c(c2c(=O)[nH]1)CCC(C)C3. The van der Waals surface area contributed by atoms with Crippen LogP contribution in [0.2, 0.25) is 0 Å². The summed E-state index contributed by atoms with van der Waals surface area (Å²) in [7, 11) is 0. The highest BCUT2D eigenvalue weighted by atomic mass is 79.9. The number of thiophene rings is 1. The Bertz CT molecular complexity index is 1040. The van der Waals surface area contributed by atoms with Crippen LogP contribution in [0, 0.1) is 5.92 Å². The second kappa shape index (κ2) is 7.76. The third kappa shape index (κ3) is 3.69. The van der Waals surface area contributed by atoms with Crippen molar-refractivity contribution >= 4 is 37.5 Å². The Kier molecular flexibility index (Phi) is 5.37. The summed E-state index contributed by atoms with van der Waals surface area (Å²) >= 11 is 5.20. The zero-order valence-electron chi connectivity index (χ0n) is 15.6. The van der Waals surface area contributed by atoms with E-state index < -0.39 is 0 Å². The lowest BCUT2D eigenvalue weighted by Gasteiger charge is -2.17. The Morgan fingerprint density at radius 2 is 2.26 bits per heavy atom. The lowest BCUT2D eigenvalue weighted by molar-refractivity contribution is 0.310. The van der Waals surface area contributed by atoms with Gasteiger partial charge in [-0.1, -0.05) is 36.2 Å². The molecule has 0 radical (unpaired) electrons. The maximum Gasteiger partial charge on any atom is 0.260 e. The predicted molar refractivity (Wildman–Crippen MR) is 115 cm³/mol. The molecule has 1 unspecified atom stereocenters. The zero-order valence-corrected chi connectivity index (χ0v) is 18.0. The van der Waals surface area contributed by atoms with Crippen molar-refractivity contribution in [1.82, 2.24) is 9.97 Å². The van der Waals surface area contributed by atoms with E-state index in [-0.39, 0.29) is 5.56 Å². The van der Waals surface area contributed by atoms with Gasteiger partial charge >= 0.3 is 0 Å². The van der Waals surface area contributed by atoms with E-state index in [0.29, 0.717) is 18.3 Å². The number of hydrogen-bond acceptors (Lipinski definition) is 4. The summed E-state index contributed by atoms with van der Waals surface area (Å²) in [4.78, 5) is 22.9. The number of nitrogens with one attached hydrogen (secondary N) is 1. The molecule has 142 valence electrons. The maximum absolute atomic E-state index is 12.9. The summed E-state index contributed by atoms with van der Waals surface area (Å²) < 4.78 is 6.89. The Hall–Kier alpha value is -1.66. The highest BCUT2D eigenvalue weighted by molar-refractivity contribution is 9.10. The van der Waals surface area contributed by atoms with E-state index in [4.69, 9.17) is 9.72 Å². The Balaban J connectivity index is 1.81. The molecule has 1 atom stereocenters. The van der Waals surface area contributed by atoms with Crippen molar-refractivity contribution < 1.29 is 4.74 Å². The number of aromatic amines is 1. The van der Waals surface area contributed by atoms with E-state index in [1.807, 2.05) is 18.2 Å². The minimum absolute atomic E-state index is 0.0402. The molecule has 0 saturated carbocycles. The number of rotatable bonds is 5. The van der Waals surface area contributed by atoms with Crippen LogP contribution in [0.4, 0.5) is 0 Å². The molecular weight excluding hydrogens is 424 g/mol. The van der Waals surface area contributed by atoms with E-state index in [2.05, 4.69) is 34.8 Å². The Morgan fingerprint density at radius 1 is 1.41 bits per heavy atom. The van der Waals surface area contributed by atoms with Crippen molar-refractivity contribution in [2.45, 2.75) is 46.0 Å². The maximum atomic E-state index is 12.9. The summed E-state index contributed by atoms with van der Waals surface area (Å²) in [6, 6.07) is 5.84. The van der Waals surface area contributed by atoms with Crippen molar-refractivity contribution in [3.63, 3.8) is 0 Å². The first-order valence-electron chi connectivity index (χ1n) is 9.54. The van der Waals surface area contributed by atoms with Gasteiger partial charge in [0, 0.05) is 9.35 Å². The molecule has 1 aromatic carbocycles. The summed E-state index contributed by atoms with van der Waals surface area (Å²) in [6.07, 6.45) is 5.23. The van der Waals surface area contributed by atoms with Crippen LogP contribution in [-0.2, 0) is 12.8 Å². The van der Waals surface area contributed by atoms with Crippen LogP contribution in [-0.4, -0.2) is 16.6 Å². The van der Waals surface area contributed by atoms with E-state index in [9.17, 15) is 4.79 Å². The van der Waals surface area contributed by atoms with Gasteiger partial charge in [0.15, 0.2) is 0 Å². The molecule has 0 saturated heterocycles. The van der Waals surface area contributed by atoms with Crippen molar-refractivity contribution in [1.29, 1.82) is 0 Å². The second-order valence-corrected chi connectivity index (χ2v) is 9.29. The molecule has 2 heterocycles. The molecule has 1 N–H and O–H groups in total. The van der Waals surface area contributed by atoms with Gasteiger partial charge in [-0.3, -0.25) is 4.79 Å². The molecule has 4 nitrogen and oxygen atoms in total. The van der Waals surface area contributed by atoms with Crippen molar-refractivity contribution in [2.75, 3.05) is 6.61 Å². The standard InChI is InChI=1S/C21H23BrN2O2S/c1-3-4-9-26-16-8-6-13(22)11-15(16)19-23-20(25)18-14-7-5-12(2)10-17(14)27-21(18)24-19/h6,8,11-12H,3-5,7,9-10H2,1-2H3,(H,23,24,25). The van der Waals surface area contributed by atoms with E-state index in [1.54, 1.807) is 11.3 Å². The summed E-state index contributed by atoms with van der Waals surface area (Å²) in [5.74, 6) is 2.00. The molecule has 0 spiro atoms. The first-order valence-corrected chi connectivity index (χ1v) is 11.1. The van der Waals surface area contributed by atoms with E-state index >= 15 is 0 Å². The van der Waals surface area contributed by atoms with Crippen LogP contribution in [0.15, 0.2) is 27.5 Å². The molecule has 0 amide bonds.